The number of nitro benzene ring substituents is 1. The zero-order valence-corrected chi connectivity index (χ0v) is 11.1. The highest BCUT2D eigenvalue weighted by molar-refractivity contribution is 5.35. The normalized spacial score (nSPS) is 12.1. The molecule has 0 aromatic heterocycles. The molecule has 0 saturated heterocycles. The van der Waals surface area contributed by atoms with E-state index in [1.165, 1.54) is 12.1 Å². The first-order valence-corrected chi connectivity index (χ1v) is 6.39. The lowest BCUT2D eigenvalue weighted by atomic mass is 9.99. The fourth-order valence-corrected chi connectivity index (χ4v) is 2.15. The maximum Gasteiger partial charge on any atom is 0.304 e. The molecule has 0 aliphatic carbocycles. The predicted octanol–water partition coefficient (Wildman–Crippen LogP) is 2.99. The van der Waals surface area contributed by atoms with Gasteiger partial charge in [-0.25, -0.2) is 4.39 Å². The summed E-state index contributed by atoms with van der Waals surface area (Å²) in [6.07, 6.45) is 0.620. The number of halogens is 2. The van der Waals surface area contributed by atoms with E-state index in [-0.39, 0.29) is 5.82 Å². The fraction of sp³-hybridized carbons (Fsp3) is 0.200. The summed E-state index contributed by atoms with van der Waals surface area (Å²) < 4.78 is 27.0. The summed E-state index contributed by atoms with van der Waals surface area (Å²) in [4.78, 5) is 9.75. The van der Waals surface area contributed by atoms with Crippen LogP contribution in [0.3, 0.4) is 0 Å². The lowest BCUT2D eigenvalue weighted by Crippen LogP contribution is -2.26. The topological polar surface area (TPSA) is 69.2 Å². The Hall–Kier alpha value is -2.34. The second-order valence-corrected chi connectivity index (χ2v) is 4.80. The van der Waals surface area contributed by atoms with Crippen LogP contribution >= 0.6 is 0 Å². The minimum absolute atomic E-state index is 0.309. The van der Waals surface area contributed by atoms with Crippen LogP contribution in [0.2, 0.25) is 0 Å². The van der Waals surface area contributed by atoms with Gasteiger partial charge in [0.2, 0.25) is 5.82 Å². The van der Waals surface area contributed by atoms with Gasteiger partial charge in [0.25, 0.3) is 0 Å². The Kier molecular flexibility index (Phi) is 4.59. The third kappa shape index (κ3) is 3.82. The van der Waals surface area contributed by atoms with E-state index in [2.05, 4.69) is 0 Å². The molecule has 0 aliphatic rings. The van der Waals surface area contributed by atoms with Crippen molar-refractivity contribution in [2.24, 2.45) is 5.73 Å². The van der Waals surface area contributed by atoms with Crippen molar-refractivity contribution in [2.75, 3.05) is 0 Å². The number of hydrogen-bond donors (Lipinski definition) is 1. The maximum atomic E-state index is 13.5. The minimum atomic E-state index is -0.893. The molecule has 0 amide bonds. The van der Waals surface area contributed by atoms with Crippen LogP contribution < -0.4 is 5.73 Å². The lowest BCUT2D eigenvalue weighted by molar-refractivity contribution is -0.387. The first kappa shape index (κ1) is 15.1. The average Bonchev–Trinajstić information content (AvgIpc) is 2.41. The maximum absolute atomic E-state index is 13.5. The lowest BCUT2D eigenvalue weighted by Gasteiger charge is -2.12. The third-order valence-corrected chi connectivity index (χ3v) is 3.15. The van der Waals surface area contributed by atoms with Gasteiger partial charge in [-0.05, 0) is 36.1 Å². The molecular weight excluding hydrogens is 278 g/mol. The summed E-state index contributed by atoms with van der Waals surface area (Å²) in [7, 11) is 0. The van der Waals surface area contributed by atoms with Crippen LogP contribution in [0, 0.1) is 21.7 Å². The molecule has 0 aliphatic heterocycles. The second-order valence-electron chi connectivity index (χ2n) is 4.80. The monoisotopic (exact) mass is 292 g/mol. The van der Waals surface area contributed by atoms with Gasteiger partial charge in [0.15, 0.2) is 0 Å². The summed E-state index contributed by atoms with van der Waals surface area (Å²) in [5.74, 6) is -1.22. The summed E-state index contributed by atoms with van der Waals surface area (Å²) in [5, 5.41) is 10.5. The van der Waals surface area contributed by atoms with E-state index in [4.69, 9.17) is 5.73 Å². The largest absolute Gasteiger partial charge is 0.327 e. The van der Waals surface area contributed by atoms with E-state index in [9.17, 15) is 18.9 Å². The van der Waals surface area contributed by atoms with Crippen molar-refractivity contribution < 1.29 is 13.7 Å². The number of hydrogen-bond acceptors (Lipinski definition) is 3. The molecule has 2 rings (SSSR count). The highest BCUT2D eigenvalue weighted by Crippen LogP contribution is 2.19. The van der Waals surface area contributed by atoms with Crippen molar-refractivity contribution in [1.29, 1.82) is 0 Å². The zero-order valence-electron chi connectivity index (χ0n) is 11.1. The highest BCUT2D eigenvalue weighted by atomic mass is 19.1. The van der Waals surface area contributed by atoms with Crippen molar-refractivity contribution in [3.63, 3.8) is 0 Å². The van der Waals surface area contributed by atoms with E-state index in [0.717, 1.165) is 12.1 Å². The van der Waals surface area contributed by atoms with Gasteiger partial charge >= 0.3 is 5.69 Å². The van der Waals surface area contributed by atoms with Crippen molar-refractivity contribution in [1.82, 2.24) is 0 Å². The van der Waals surface area contributed by atoms with Crippen LogP contribution in [-0.4, -0.2) is 11.0 Å². The summed E-state index contributed by atoms with van der Waals surface area (Å²) in [5.41, 5.74) is 6.40. The summed E-state index contributed by atoms with van der Waals surface area (Å²) in [6, 6.07) is 9.58. The molecule has 0 heterocycles. The molecule has 2 aromatic carbocycles. The summed E-state index contributed by atoms with van der Waals surface area (Å²) >= 11 is 0. The van der Waals surface area contributed by atoms with Crippen LogP contribution in [0.4, 0.5) is 14.5 Å². The molecule has 0 radical (unpaired) electrons. The Morgan fingerprint density at radius 1 is 1.10 bits per heavy atom. The van der Waals surface area contributed by atoms with Gasteiger partial charge < -0.3 is 5.73 Å². The van der Waals surface area contributed by atoms with Crippen molar-refractivity contribution in [2.45, 2.75) is 18.9 Å². The van der Waals surface area contributed by atoms with E-state index >= 15 is 0 Å². The first-order valence-electron chi connectivity index (χ1n) is 6.39. The van der Waals surface area contributed by atoms with Crippen molar-refractivity contribution >= 4 is 5.69 Å². The van der Waals surface area contributed by atoms with Gasteiger partial charge in [-0.15, -0.1) is 0 Å². The molecule has 110 valence electrons. The molecule has 1 unspecified atom stereocenters. The molecule has 1 atom stereocenters. The Morgan fingerprint density at radius 3 is 2.43 bits per heavy atom. The van der Waals surface area contributed by atoms with Crippen molar-refractivity contribution in [3.8, 4) is 0 Å². The third-order valence-electron chi connectivity index (χ3n) is 3.15. The zero-order chi connectivity index (χ0) is 15.4. The molecular formula is C15H14F2N2O2. The molecule has 21 heavy (non-hydrogen) atoms. The molecule has 0 saturated carbocycles. The van der Waals surface area contributed by atoms with Crippen LogP contribution in [0.5, 0.6) is 0 Å². The highest BCUT2D eigenvalue weighted by Gasteiger charge is 2.15. The van der Waals surface area contributed by atoms with Gasteiger partial charge in [0, 0.05) is 12.1 Å². The Morgan fingerprint density at radius 2 is 1.81 bits per heavy atom. The molecule has 0 fully saturated rings. The molecule has 0 bridgehead atoms. The predicted molar refractivity (Wildman–Crippen MR) is 74.8 cm³/mol. The molecule has 2 aromatic rings. The minimum Gasteiger partial charge on any atom is -0.327 e. The van der Waals surface area contributed by atoms with Crippen LogP contribution in [0.25, 0.3) is 0 Å². The van der Waals surface area contributed by atoms with Crippen LogP contribution in [-0.2, 0) is 12.8 Å². The number of nitro groups is 1. The fourth-order valence-electron chi connectivity index (χ4n) is 2.15. The molecule has 0 spiro atoms. The Bertz CT molecular complexity index is 662. The smallest absolute Gasteiger partial charge is 0.304 e. The Labute approximate surface area is 120 Å². The van der Waals surface area contributed by atoms with Crippen LogP contribution in [0.15, 0.2) is 42.5 Å². The van der Waals surface area contributed by atoms with Crippen LogP contribution in [0.1, 0.15) is 11.1 Å². The molecule has 4 nitrogen and oxygen atoms in total. The van der Waals surface area contributed by atoms with E-state index < -0.39 is 22.5 Å². The van der Waals surface area contributed by atoms with Crippen molar-refractivity contribution in [3.05, 3.63) is 75.3 Å². The number of benzene rings is 2. The summed E-state index contributed by atoms with van der Waals surface area (Å²) in [6.45, 7) is 0. The van der Waals surface area contributed by atoms with E-state index in [1.54, 1.807) is 18.2 Å². The van der Waals surface area contributed by atoms with Gasteiger partial charge in [0.05, 0.1) is 4.92 Å². The first-order chi connectivity index (χ1) is 9.97. The van der Waals surface area contributed by atoms with Gasteiger partial charge in [-0.1, -0.05) is 24.3 Å². The number of rotatable bonds is 5. The standard InChI is InChI=1S/C15H14F2N2O2/c16-13-4-2-1-3-11(13)9-12(18)7-10-5-6-15(19(20)21)14(17)8-10/h1-6,8,12H,7,9,18H2. The number of nitrogens with zero attached hydrogens (tertiary/aromatic N) is 1. The quantitative estimate of drug-likeness (QED) is 0.680. The molecule has 2 N–H and O–H groups in total. The van der Waals surface area contributed by atoms with Gasteiger partial charge in [-0.3, -0.25) is 10.1 Å². The molecule has 6 heteroatoms. The van der Waals surface area contributed by atoms with Gasteiger partial charge in [0.1, 0.15) is 5.82 Å². The Balaban J connectivity index is 2.06. The second kappa shape index (κ2) is 6.41. The van der Waals surface area contributed by atoms with E-state index in [1.807, 2.05) is 0 Å². The number of nitrogens with two attached hydrogens (primary N) is 1. The SMILES string of the molecule is NC(Cc1ccc([N+](=O)[O-])c(F)c1)Cc1ccccc1F. The van der Waals surface area contributed by atoms with E-state index in [0.29, 0.717) is 24.0 Å². The van der Waals surface area contributed by atoms with Gasteiger partial charge in [-0.2, -0.15) is 4.39 Å². The average molecular weight is 292 g/mol.